The van der Waals surface area contributed by atoms with Gasteiger partial charge in [0.05, 0.1) is 18.6 Å². The number of fused-ring (bicyclic) bond motifs is 1. The van der Waals surface area contributed by atoms with E-state index in [0.717, 1.165) is 18.4 Å². The molecule has 0 aromatic heterocycles. The summed E-state index contributed by atoms with van der Waals surface area (Å²) in [4.78, 5) is 26.1. The summed E-state index contributed by atoms with van der Waals surface area (Å²) in [5, 5.41) is 12.8. The molecule has 5 nitrogen and oxygen atoms in total. The van der Waals surface area contributed by atoms with Crippen LogP contribution in [0.15, 0.2) is 24.3 Å². The van der Waals surface area contributed by atoms with Gasteiger partial charge in [0.1, 0.15) is 0 Å². The first-order valence-corrected chi connectivity index (χ1v) is 8.73. The maximum Gasteiger partial charge on any atom is 0.222 e. The Kier molecular flexibility index (Phi) is 6.37. The molecule has 132 valence electrons. The molecule has 0 bridgehead atoms. The third-order valence-electron chi connectivity index (χ3n) is 5.00. The van der Waals surface area contributed by atoms with E-state index in [1.54, 1.807) is 11.8 Å². The molecule has 2 amide bonds. The van der Waals surface area contributed by atoms with Crippen LogP contribution < -0.4 is 5.32 Å². The van der Waals surface area contributed by atoms with E-state index in [9.17, 15) is 14.7 Å². The Morgan fingerprint density at radius 3 is 2.75 bits per heavy atom. The number of hydrogen-bond acceptors (Lipinski definition) is 3. The van der Waals surface area contributed by atoms with Crippen molar-refractivity contribution in [3.63, 3.8) is 0 Å². The molecule has 1 heterocycles. The average molecular weight is 332 g/mol. The second-order valence-electron chi connectivity index (χ2n) is 6.64. The predicted molar refractivity (Wildman–Crippen MR) is 93.4 cm³/mol. The van der Waals surface area contributed by atoms with Crippen LogP contribution in [-0.2, 0) is 16.0 Å². The van der Waals surface area contributed by atoms with E-state index < -0.39 is 6.10 Å². The normalized spacial score (nSPS) is 19.3. The summed E-state index contributed by atoms with van der Waals surface area (Å²) < 4.78 is 0. The van der Waals surface area contributed by atoms with E-state index >= 15 is 0 Å². The van der Waals surface area contributed by atoms with E-state index in [2.05, 4.69) is 11.4 Å². The van der Waals surface area contributed by atoms with Crippen molar-refractivity contribution >= 4 is 11.8 Å². The average Bonchev–Trinajstić information content (AvgIpc) is 2.58. The summed E-state index contributed by atoms with van der Waals surface area (Å²) in [6.45, 7) is 6.42. The molecule has 1 aromatic rings. The molecule has 0 saturated carbocycles. The molecular weight excluding hydrogens is 304 g/mol. The molecule has 0 saturated heterocycles. The predicted octanol–water partition coefficient (Wildman–Crippen LogP) is 2.05. The maximum absolute atomic E-state index is 12.3. The van der Waals surface area contributed by atoms with Gasteiger partial charge >= 0.3 is 0 Å². The smallest absolute Gasteiger partial charge is 0.222 e. The van der Waals surface area contributed by atoms with Gasteiger partial charge in [-0.15, -0.1) is 0 Å². The molecular formula is C19H28N2O3. The lowest BCUT2D eigenvalue weighted by Gasteiger charge is -2.36. The quantitative estimate of drug-likeness (QED) is 0.837. The summed E-state index contributed by atoms with van der Waals surface area (Å²) in [6, 6.07) is 7.76. The third-order valence-corrected chi connectivity index (χ3v) is 5.00. The molecule has 3 unspecified atom stereocenters. The topological polar surface area (TPSA) is 69.6 Å². The van der Waals surface area contributed by atoms with E-state index in [-0.39, 0.29) is 36.7 Å². The second-order valence-corrected chi connectivity index (χ2v) is 6.64. The number of aliphatic hydroxyl groups is 1. The van der Waals surface area contributed by atoms with Crippen molar-refractivity contribution in [2.75, 3.05) is 13.1 Å². The largest absolute Gasteiger partial charge is 0.391 e. The number of nitrogens with one attached hydrogen (secondary N) is 1. The van der Waals surface area contributed by atoms with Gasteiger partial charge in [0.25, 0.3) is 0 Å². The van der Waals surface area contributed by atoms with Crippen LogP contribution in [0.3, 0.4) is 0 Å². The van der Waals surface area contributed by atoms with E-state index in [1.807, 2.05) is 32.0 Å². The summed E-state index contributed by atoms with van der Waals surface area (Å²) >= 11 is 0. The van der Waals surface area contributed by atoms with Crippen molar-refractivity contribution in [1.82, 2.24) is 10.2 Å². The van der Waals surface area contributed by atoms with Crippen molar-refractivity contribution in [2.45, 2.75) is 52.2 Å². The van der Waals surface area contributed by atoms with Crippen LogP contribution in [0.5, 0.6) is 0 Å². The van der Waals surface area contributed by atoms with Crippen molar-refractivity contribution in [3.05, 3.63) is 35.4 Å². The Morgan fingerprint density at radius 2 is 2.08 bits per heavy atom. The first kappa shape index (κ1) is 18.5. The molecule has 2 rings (SSSR count). The van der Waals surface area contributed by atoms with Gasteiger partial charge in [-0.3, -0.25) is 9.59 Å². The van der Waals surface area contributed by atoms with Gasteiger partial charge in [-0.2, -0.15) is 0 Å². The molecule has 1 aliphatic rings. The van der Waals surface area contributed by atoms with Crippen LogP contribution >= 0.6 is 0 Å². The first-order chi connectivity index (χ1) is 11.4. The van der Waals surface area contributed by atoms with Gasteiger partial charge in [-0.25, -0.2) is 0 Å². The number of benzene rings is 1. The van der Waals surface area contributed by atoms with Crippen molar-refractivity contribution in [1.29, 1.82) is 0 Å². The molecule has 3 atom stereocenters. The molecule has 5 heteroatoms. The van der Waals surface area contributed by atoms with Gasteiger partial charge in [0.2, 0.25) is 11.8 Å². The minimum Gasteiger partial charge on any atom is -0.391 e. The van der Waals surface area contributed by atoms with Crippen LogP contribution in [0.2, 0.25) is 0 Å². The summed E-state index contributed by atoms with van der Waals surface area (Å²) in [7, 11) is 0. The SMILES string of the molecule is CCC(C)C(O)CNC(=O)CC1c2ccccc2CCN1C(C)=O. The van der Waals surface area contributed by atoms with Crippen LogP contribution in [0.25, 0.3) is 0 Å². The van der Waals surface area contributed by atoms with Gasteiger partial charge in [0, 0.05) is 20.0 Å². The van der Waals surface area contributed by atoms with Crippen LogP contribution in [0, 0.1) is 5.92 Å². The zero-order valence-electron chi connectivity index (χ0n) is 14.8. The summed E-state index contributed by atoms with van der Waals surface area (Å²) in [6.07, 6.45) is 1.37. The highest BCUT2D eigenvalue weighted by molar-refractivity contribution is 5.79. The standard InChI is InChI=1S/C19H28N2O3/c1-4-13(2)18(23)12-20-19(24)11-17-16-8-6-5-7-15(16)9-10-21(17)14(3)22/h5-8,13,17-18,23H,4,9-12H2,1-3H3,(H,20,24). The van der Waals surface area contributed by atoms with E-state index in [0.29, 0.717) is 6.54 Å². The molecule has 2 N–H and O–H groups in total. The van der Waals surface area contributed by atoms with Crippen LogP contribution in [0.4, 0.5) is 0 Å². The lowest BCUT2D eigenvalue weighted by molar-refractivity contribution is -0.133. The molecule has 0 radical (unpaired) electrons. The molecule has 24 heavy (non-hydrogen) atoms. The molecule has 0 fully saturated rings. The minimum atomic E-state index is -0.540. The summed E-state index contributed by atoms with van der Waals surface area (Å²) in [5.74, 6) is 0.00155. The lowest BCUT2D eigenvalue weighted by Crippen LogP contribution is -2.42. The number of amides is 2. The van der Waals surface area contributed by atoms with Crippen molar-refractivity contribution in [2.24, 2.45) is 5.92 Å². The van der Waals surface area contributed by atoms with E-state index in [1.165, 1.54) is 5.56 Å². The lowest BCUT2D eigenvalue weighted by atomic mass is 9.90. The fourth-order valence-electron chi connectivity index (χ4n) is 3.19. The Bertz CT molecular complexity index is 588. The maximum atomic E-state index is 12.3. The fourth-order valence-corrected chi connectivity index (χ4v) is 3.19. The van der Waals surface area contributed by atoms with Gasteiger partial charge in [0.15, 0.2) is 0 Å². The molecule has 0 spiro atoms. The molecule has 1 aliphatic heterocycles. The number of aliphatic hydroxyl groups excluding tert-OH is 1. The van der Waals surface area contributed by atoms with Gasteiger partial charge in [-0.1, -0.05) is 44.5 Å². The Balaban J connectivity index is 2.05. The number of hydrogen-bond donors (Lipinski definition) is 2. The van der Waals surface area contributed by atoms with E-state index in [4.69, 9.17) is 0 Å². The second kappa shape index (κ2) is 8.29. The Labute approximate surface area is 144 Å². The van der Waals surface area contributed by atoms with Gasteiger partial charge < -0.3 is 15.3 Å². The zero-order chi connectivity index (χ0) is 17.7. The number of carbonyl (C=O) groups excluding carboxylic acids is 2. The third kappa shape index (κ3) is 4.35. The van der Waals surface area contributed by atoms with Crippen molar-refractivity contribution < 1.29 is 14.7 Å². The van der Waals surface area contributed by atoms with Crippen LogP contribution in [0.1, 0.15) is 50.8 Å². The molecule has 1 aromatic carbocycles. The van der Waals surface area contributed by atoms with Crippen LogP contribution in [-0.4, -0.2) is 41.0 Å². The monoisotopic (exact) mass is 332 g/mol. The summed E-state index contributed by atoms with van der Waals surface area (Å²) in [5.41, 5.74) is 2.25. The first-order valence-electron chi connectivity index (χ1n) is 8.73. The minimum absolute atomic E-state index is 0.0121. The molecule has 0 aliphatic carbocycles. The fraction of sp³-hybridized carbons (Fsp3) is 0.579. The zero-order valence-corrected chi connectivity index (χ0v) is 14.8. The Hall–Kier alpha value is -1.88. The Morgan fingerprint density at radius 1 is 1.38 bits per heavy atom. The highest BCUT2D eigenvalue weighted by Crippen LogP contribution is 2.32. The van der Waals surface area contributed by atoms with Crippen molar-refractivity contribution in [3.8, 4) is 0 Å². The number of carbonyl (C=O) groups is 2. The highest BCUT2D eigenvalue weighted by atomic mass is 16.3. The number of rotatable bonds is 6. The number of nitrogens with zero attached hydrogens (tertiary/aromatic N) is 1. The highest BCUT2D eigenvalue weighted by Gasteiger charge is 2.30. The van der Waals surface area contributed by atoms with Gasteiger partial charge in [-0.05, 0) is 23.5 Å².